The zero-order valence-corrected chi connectivity index (χ0v) is 10.2. The molecule has 0 bridgehead atoms. The third-order valence-corrected chi connectivity index (χ3v) is 2.42. The highest BCUT2D eigenvalue weighted by atomic mass is 15.0. The molecule has 0 amide bonds. The van der Waals surface area contributed by atoms with E-state index in [1.54, 1.807) is 0 Å². The number of hydrogen-bond donors (Lipinski definition) is 0. The molecule has 1 aromatic rings. The number of nitrogens with zero attached hydrogens (tertiary/aromatic N) is 1. The predicted molar refractivity (Wildman–Crippen MR) is 68.0 cm³/mol. The van der Waals surface area contributed by atoms with Crippen molar-refractivity contribution in [2.45, 2.75) is 20.3 Å². The van der Waals surface area contributed by atoms with Crippen LogP contribution < -0.4 is 0 Å². The van der Waals surface area contributed by atoms with Crippen LogP contribution in [0.3, 0.4) is 0 Å². The summed E-state index contributed by atoms with van der Waals surface area (Å²) in [7, 11) is 4.23. The summed E-state index contributed by atoms with van der Waals surface area (Å²) in [6, 6.07) is 8.67. The van der Waals surface area contributed by atoms with Gasteiger partial charge in [-0.1, -0.05) is 44.2 Å². The Balaban J connectivity index is 0.000000531. The lowest BCUT2D eigenvalue weighted by Gasteiger charge is -2.11. The van der Waals surface area contributed by atoms with Crippen molar-refractivity contribution in [1.82, 2.24) is 4.90 Å². The molecule has 0 heterocycles. The Labute approximate surface area is 93.4 Å². The first-order valence-electron chi connectivity index (χ1n) is 5.69. The first-order chi connectivity index (χ1) is 7.27. The van der Waals surface area contributed by atoms with Crippen LogP contribution in [0.4, 0.5) is 0 Å². The number of benzene rings is 1. The van der Waals surface area contributed by atoms with E-state index in [1.165, 1.54) is 16.7 Å². The lowest BCUT2D eigenvalue weighted by Crippen LogP contribution is -2.13. The lowest BCUT2D eigenvalue weighted by atomic mass is 10.1. The van der Waals surface area contributed by atoms with Crippen LogP contribution in [0.1, 0.15) is 25.0 Å². The smallest absolute Gasteiger partial charge is 0.0230 e. The van der Waals surface area contributed by atoms with E-state index in [4.69, 9.17) is 0 Å². The number of hydrogen-bond acceptors (Lipinski definition) is 1. The summed E-state index contributed by atoms with van der Waals surface area (Å²) in [4.78, 5) is 2.22. The van der Waals surface area contributed by atoms with Gasteiger partial charge < -0.3 is 4.90 Å². The predicted octanol–water partition coefficient (Wildman–Crippen LogP) is 3.21. The Bertz CT molecular complexity index is 337. The Morgan fingerprint density at radius 1 is 1.13 bits per heavy atom. The summed E-state index contributed by atoms with van der Waals surface area (Å²) in [5.74, 6) is 0. The molecule has 82 valence electrons. The van der Waals surface area contributed by atoms with Gasteiger partial charge in [0.05, 0.1) is 0 Å². The summed E-state index contributed by atoms with van der Waals surface area (Å²) in [6.07, 6.45) is 3.45. The molecule has 0 aromatic heterocycles. The van der Waals surface area contributed by atoms with Gasteiger partial charge in [0.1, 0.15) is 0 Å². The monoisotopic (exact) mass is 203 g/mol. The van der Waals surface area contributed by atoms with Gasteiger partial charge in [-0.3, -0.25) is 0 Å². The maximum atomic E-state index is 2.34. The fourth-order valence-electron chi connectivity index (χ4n) is 1.85. The third kappa shape index (κ3) is 2.93. The van der Waals surface area contributed by atoms with Gasteiger partial charge in [-0.05, 0) is 37.2 Å². The second-order valence-corrected chi connectivity index (χ2v) is 3.83. The second-order valence-electron chi connectivity index (χ2n) is 3.83. The van der Waals surface area contributed by atoms with E-state index in [9.17, 15) is 0 Å². The molecule has 0 aliphatic heterocycles. The van der Waals surface area contributed by atoms with Crippen LogP contribution in [0.2, 0.25) is 0 Å². The summed E-state index contributed by atoms with van der Waals surface area (Å²) < 4.78 is 0. The zero-order chi connectivity index (χ0) is 11.3. The zero-order valence-electron chi connectivity index (χ0n) is 10.2. The van der Waals surface area contributed by atoms with Crippen LogP contribution in [0.15, 0.2) is 30.3 Å². The number of allylic oxidation sites excluding steroid dienone is 1. The minimum absolute atomic E-state index is 1.05. The molecule has 1 aliphatic rings. The van der Waals surface area contributed by atoms with E-state index in [0.717, 1.165) is 13.0 Å². The van der Waals surface area contributed by atoms with Crippen molar-refractivity contribution in [2.24, 2.45) is 0 Å². The molecule has 0 saturated carbocycles. The average molecular weight is 203 g/mol. The molecule has 0 spiro atoms. The van der Waals surface area contributed by atoms with Gasteiger partial charge in [0.25, 0.3) is 0 Å². The van der Waals surface area contributed by atoms with Crippen molar-refractivity contribution < 1.29 is 0 Å². The summed E-state index contributed by atoms with van der Waals surface area (Å²) in [6.45, 7) is 5.05. The molecule has 0 N–H and O–H groups in total. The van der Waals surface area contributed by atoms with Crippen molar-refractivity contribution in [3.05, 3.63) is 41.5 Å². The molecule has 0 radical (unpaired) electrons. The molecular weight excluding hydrogens is 182 g/mol. The first-order valence-corrected chi connectivity index (χ1v) is 5.69. The third-order valence-electron chi connectivity index (χ3n) is 2.42. The largest absolute Gasteiger partial charge is 0.305 e. The average Bonchev–Trinajstić information content (AvgIpc) is 2.64. The SMILES string of the molecule is CC.CN(C)CC1=CCc2ccccc21. The molecule has 0 saturated heterocycles. The standard InChI is InChI=1S/C12H15N.C2H6/c1-13(2)9-11-8-7-10-5-3-4-6-12(10)11;1-2/h3-6,8H,7,9H2,1-2H3;1-2H3. The van der Waals surface area contributed by atoms with Crippen molar-refractivity contribution in [1.29, 1.82) is 0 Å². The number of likely N-dealkylation sites (N-methyl/N-ethyl adjacent to an activating group) is 1. The maximum Gasteiger partial charge on any atom is 0.0230 e. The molecule has 2 rings (SSSR count). The van der Waals surface area contributed by atoms with E-state index in [2.05, 4.69) is 49.3 Å². The fraction of sp³-hybridized carbons (Fsp3) is 0.429. The molecule has 1 nitrogen and oxygen atoms in total. The molecular formula is C14H21N. The topological polar surface area (TPSA) is 3.24 Å². The minimum Gasteiger partial charge on any atom is -0.305 e. The second kappa shape index (κ2) is 5.72. The van der Waals surface area contributed by atoms with Gasteiger partial charge >= 0.3 is 0 Å². The van der Waals surface area contributed by atoms with E-state index >= 15 is 0 Å². The minimum atomic E-state index is 1.05. The molecule has 15 heavy (non-hydrogen) atoms. The van der Waals surface area contributed by atoms with Crippen LogP contribution in [-0.2, 0) is 6.42 Å². The Hall–Kier alpha value is -1.08. The van der Waals surface area contributed by atoms with E-state index in [-0.39, 0.29) is 0 Å². The van der Waals surface area contributed by atoms with Crippen LogP contribution >= 0.6 is 0 Å². The fourth-order valence-corrected chi connectivity index (χ4v) is 1.85. The van der Waals surface area contributed by atoms with Crippen LogP contribution in [0.25, 0.3) is 5.57 Å². The molecule has 0 atom stereocenters. The highest BCUT2D eigenvalue weighted by Gasteiger charge is 2.12. The number of rotatable bonds is 2. The molecule has 1 heteroatoms. The van der Waals surface area contributed by atoms with Gasteiger partial charge in [-0.15, -0.1) is 0 Å². The van der Waals surface area contributed by atoms with E-state index in [0.29, 0.717) is 0 Å². The molecule has 0 fully saturated rings. The van der Waals surface area contributed by atoms with Crippen molar-refractivity contribution in [2.75, 3.05) is 20.6 Å². The lowest BCUT2D eigenvalue weighted by molar-refractivity contribution is 0.463. The summed E-state index contributed by atoms with van der Waals surface area (Å²) in [5.41, 5.74) is 4.39. The van der Waals surface area contributed by atoms with Gasteiger partial charge in [0.15, 0.2) is 0 Å². The Morgan fingerprint density at radius 3 is 2.47 bits per heavy atom. The van der Waals surface area contributed by atoms with E-state index in [1.807, 2.05) is 13.8 Å². The quantitative estimate of drug-likeness (QED) is 0.713. The van der Waals surface area contributed by atoms with Crippen LogP contribution in [-0.4, -0.2) is 25.5 Å². The Morgan fingerprint density at radius 2 is 1.80 bits per heavy atom. The van der Waals surface area contributed by atoms with Gasteiger partial charge in [-0.25, -0.2) is 0 Å². The summed E-state index contributed by atoms with van der Waals surface area (Å²) >= 11 is 0. The van der Waals surface area contributed by atoms with Crippen LogP contribution in [0.5, 0.6) is 0 Å². The normalized spacial score (nSPS) is 13.0. The van der Waals surface area contributed by atoms with Gasteiger partial charge in [0.2, 0.25) is 0 Å². The van der Waals surface area contributed by atoms with Crippen molar-refractivity contribution in [3.8, 4) is 0 Å². The van der Waals surface area contributed by atoms with E-state index < -0.39 is 0 Å². The van der Waals surface area contributed by atoms with Crippen LogP contribution in [0, 0.1) is 0 Å². The first kappa shape index (κ1) is 12.0. The molecule has 0 unspecified atom stereocenters. The molecule has 1 aromatic carbocycles. The van der Waals surface area contributed by atoms with Crippen molar-refractivity contribution in [3.63, 3.8) is 0 Å². The van der Waals surface area contributed by atoms with Crippen molar-refractivity contribution >= 4 is 5.57 Å². The highest BCUT2D eigenvalue weighted by Crippen LogP contribution is 2.26. The maximum absolute atomic E-state index is 2.34. The van der Waals surface area contributed by atoms with Gasteiger partial charge in [-0.2, -0.15) is 0 Å². The highest BCUT2D eigenvalue weighted by molar-refractivity contribution is 5.73. The van der Waals surface area contributed by atoms with Gasteiger partial charge in [0, 0.05) is 6.54 Å². The number of fused-ring (bicyclic) bond motifs is 1. The summed E-state index contributed by atoms with van der Waals surface area (Å²) in [5, 5.41) is 0. The Kier molecular flexibility index (Phi) is 4.57. The molecule has 1 aliphatic carbocycles.